The largest absolute Gasteiger partial charge is 0.378 e. The number of halogens is 2. The van der Waals surface area contributed by atoms with E-state index in [0.717, 1.165) is 0 Å². The SMILES string of the molecule is COCc1nn(-c2ccc(C#N)cc2)c(Cl)c1S(=O)(=O)Cl. The minimum Gasteiger partial charge on any atom is -0.378 e. The molecular weight excluding hydrogens is 337 g/mol. The Morgan fingerprint density at radius 3 is 2.48 bits per heavy atom. The summed E-state index contributed by atoms with van der Waals surface area (Å²) >= 11 is 6.07. The van der Waals surface area contributed by atoms with Gasteiger partial charge in [-0.05, 0) is 24.3 Å². The van der Waals surface area contributed by atoms with Gasteiger partial charge in [-0.1, -0.05) is 11.6 Å². The lowest BCUT2D eigenvalue weighted by Crippen LogP contribution is -1.98. The number of nitrogens with zero attached hydrogens (tertiary/aromatic N) is 3. The third kappa shape index (κ3) is 3.19. The average Bonchev–Trinajstić information content (AvgIpc) is 2.76. The summed E-state index contributed by atoms with van der Waals surface area (Å²) in [7, 11) is 2.73. The molecule has 1 heterocycles. The molecule has 1 aromatic carbocycles. The maximum atomic E-state index is 11.6. The number of benzene rings is 1. The highest BCUT2D eigenvalue weighted by atomic mass is 35.7. The zero-order valence-corrected chi connectivity index (χ0v) is 13.1. The molecule has 0 bridgehead atoms. The number of methoxy groups -OCH3 is 1. The molecule has 0 radical (unpaired) electrons. The number of nitriles is 1. The molecule has 0 atom stereocenters. The molecule has 2 rings (SSSR count). The van der Waals surface area contributed by atoms with Gasteiger partial charge in [0.25, 0.3) is 9.05 Å². The maximum Gasteiger partial charge on any atom is 0.266 e. The minimum absolute atomic E-state index is 0.0513. The van der Waals surface area contributed by atoms with Gasteiger partial charge in [0.05, 0.1) is 23.9 Å². The number of hydrogen-bond donors (Lipinski definition) is 0. The van der Waals surface area contributed by atoms with Crippen molar-refractivity contribution in [2.24, 2.45) is 0 Å². The van der Waals surface area contributed by atoms with Gasteiger partial charge in [-0.15, -0.1) is 0 Å². The monoisotopic (exact) mass is 345 g/mol. The van der Waals surface area contributed by atoms with E-state index in [1.165, 1.54) is 11.8 Å². The molecular formula is C12H9Cl2N3O3S. The van der Waals surface area contributed by atoms with E-state index in [1.807, 2.05) is 6.07 Å². The van der Waals surface area contributed by atoms with Crippen LogP contribution in [0.1, 0.15) is 11.3 Å². The van der Waals surface area contributed by atoms with Crippen molar-refractivity contribution in [2.45, 2.75) is 11.5 Å². The quantitative estimate of drug-likeness (QED) is 0.794. The van der Waals surface area contributed by atoms with Crippen LogP contribution in [-0.2, 0) is 20.4 Å². The summed E-state index contributed by atoms with van der Waals surface area (Å²) in [6, 6.07) is 8.31. The predicted octanol–water partition coefficient (Wildman–Crippen LogP) is 2.47. The molecule has 21 heavy (non-hydrogen) atoms. The van der Waals surface area contributed by atoms with Crippen LogP contribution in [0.25, 0.3) is 5.69 Å². The summed E-state index contributed by atoms with van der Waals surface area (Å²) in [5.74, 6) is 0. The molecule has 0 fully saturated rings. The Morgan fingerprint density at radius 1 is 1.38 bits per heavy atom. The summed E-state index contributed by atoms with van der Waals surface area (Å²) in [4.78, 5) is -0.281. The summed E-state index contributed by atoms with van der Waals surface area (Å²) in [6.07, 6.45) is 0. The number of rotatable bonds is 4. The highest BCUT2D eigenvalue weighted by Crippen LogP contribution is 2.31. The molecule has 9 heteroatoms. The normalized spacial score (nSPS) is 11.3. The molecule has 0 aliphatic rings. The van der Waals surface area contributed by atoms with Gasteiger partial charge in [0.2, 0.25) is 0 Å². The number of ether oxygens (including phenoxy) is 1. The Bertz CT molecular complexity index is 808. The predicted molar refractivity (Wildman–Crippen MR) is 77.0 cm³/mol. The zero-order chi connectivity index (χ0) is 15.6. The van der Waals surface area contributed by atoms with Gasteiger partial charge in [-0.2, -0.15) is 10.4 Å². The Kier molecular flexibility index (Phi) is 4.54. The van der Waals surface area contributed by atoms with Crippen molar-refractivity contribution in [1.82, 2.24) is 9.78 Å². The summed E-state index contributed by atoms with van der Waals surface area (Å²) < 4.78 is 29.4. The fourth-order valence-electron chi connectivity index (χ4n) is 1.75. The lowest BCUT2D eigenvalue weighted by atomic mass is 10.2. The minimum atomic E-state index is -4.06. The first-order valence-corrected chi connectivity index (χ1v) is 8.28. The first-order valence-electron chi connectivity index (χ1n) is 5.60. The van der Waals surface area contributed by atoms with Gasteiger partial charge in [0, 0.05) is 17.8 Å². The second-order valence-electron chi connectivity index (χ2n) is 4.01. The highest BCUT2D eigenvalue weighted by molar-refractivity contribution is 8.13. The summed E-state index contributed by atoms with van der Waals surface area (Å²) in [5.41, 5.74) is 1.08. The van der Waals surface area contributed by atoms with E-state index in [2.05, 4.69) is 5.10 Å². The third-order valence-electron chi connectivity index (χ3n) is 2.62. The average molecular weight is 346 g/mol. The highest BCUT2D eigenvalue weighted by Gasteiger charge is 2.26. The van der Waals surface area contributed by atoms with Gasteiger partial charge in [-0.3, -0.25) is 0 Å². The fraction of sp³-hybridized carbons (Fsp3) is 0.167. The van der Waals surface area contributed by atoms with Crippen LogP contribution in [0.15, 0.2) is 29.2 Å². The van der Waals surface area contributed by atoms with Gasteiger partial charge in [0.15, 0.2) is 5.15 Å². The zero-order valence-electron chi connectivity index (χ0n) is 10.7. The van der Waals surface area contributed by atoms with Crippen molar-refractivity contribution >= 4 is 31.3 Å². The molecule has 0 unspecified atom stereocenters. The van der Waals surface area contributed by atoms with Crippen LogP contribution in [-0.4, -0.2) is 25.3 Å². The molecule has 0 saturated heterocycles. The first-order chi connectivity index (χ1) is 9.88. The van der Waals surface area contributed by atoms with Crippen LogP contribution in [0.5, 0.6) is 0 Å². The van der Waals surface area contributed by atoms with Crippen LogP contribution in [0, 0.1) is 11.3 Å². The van der Waals surface area contributed by atoms with Crippen LogP contribution < -0.4 is 0 Å². The molecule has 0 saturated carbocycles. The van der Waals surface area contributed by atoms with E-state index >= 15 is 0 Å². The molecule has 1 aromatic heterocycles. The molecule has 0 N–H and O–H groups in total. The molecule has 0 spiro atoms. The molecule has 6 nitrogen and oxygen atoms in total. The van der Waals surface area contributed by atoms with Gasteiger partial charge in [-0.25, -0.2) is 13.1 Å². The van der Waals surface area contributed by atoms with Crippen molar-refractivity contribution in [3.63, 3.8) is 0 Å². The van der Waals surface area contributed by atoms with Crippen molar-refractivity contribution in [3.8, 4) is 11.8 Å². The van der Waals surface area contributed by atoms with Gasteiger partial charge >= 0.3 is 0 Å². The van der Waals surface area contributed by atoms with E-state index in [0.29, 0.717) is 11.3 Å². The third-order valence-corrected chi connectivity index (χ3v) is 4.46. The van der Waals surface area contributed by atoms with Crippen LogP contribution in [0.4, 0.5) is 0 Å². The summed E-state index contributed by atoms with van der Waals surface area (Å²) in [5, 5.41) is 12.7. The molecule has 0 aliphatic heterocycles. The smallest absolute Gasteiger partial charge is 0.266 e. The Hall–Kier alpha value is -1.59. The Labute approximate surface area is 130 Å². The van der Waals surface area contributed by atoms with Crippen molar-refractivity contribution in [2.75, 3.05) is 7.11 Å². The summed E-state index contributed by atoms with van der Waals surface area (Å²) in [6.45, 7) is -0.0513. The first kappa shape index (κ1) is 15.8. The second kappa shape index (κ2) is 6.03. The van der Waals surface area contributed by atoms with Crippen molar-refractivity contribution in [1.29, 1.82) is 5.26 Å². The molecule has 2 aromatic rings. The topological polar surface area (TPSA) is 85.0 Å². The van der Waals surface area contributed by atoms with Crippen molar-refractivity contribution < 1.29 is 13.2 Å². The lowest BCUT2D eigenvalue weighted by Gasteiger charge is -2.02. The second-order valence-corrected chi connectivity index (χ2v) is 6.87. The van der Waals surface area contributed by atoms with Crippen LogP contribution in [0.3, 0.4) is 0 Å². The van der Waals surface area contributed by atoms with Crippen LogP contribution >= 0.6 is 22.3 Å². The van der Waals surface area contributed by atoms with Gasteiger partial charge in [0.1, 0.15) is 10.6 Å². The standard InChI is InChI=1S/C12H9Cl2N3O3S/c1-20-7-10-11(21(14,18)19)12(13)17(16-10)9-4-2-8(6-15)3-5-9/h2-5H,7H2,1H3. The van der Waals surface area contributed by atoms with Crippen LogP contribution in [0.2, 0.25) is 5.15 Å². The van der Waals surface area contributed by atoms with E-state index in [1.54, 1.807) is 24.3 Å². The van der Waals surface area contributed by atoms with E-state index in [-0.39, 0.29) is 22.3 Å². The maximum absolute atomic E-state index is 11.6. The molecule has 0 amide bonds. The van der Waals surface area contributed by atoms with E-state index < -0.39 is 9.05 Å². The Balaban J connectivity index is 2.62. The number of hydrogen-bond acceptors (Lipinski definition) is 5. The number of aromatic nitrogens is 2. The Morgan fingerprint density at radius 2 is 2.00 bits per heavy atom. The fourth-order valence-corrected chi connectivity index (χ4v) is 3.57. The van der Waals surface area contributed by atoms with E-state index in [4.69, 9.17) is 32.3 Å². The molecule has 0 aliphatic carbocycles. The van der Waals surface area contributed by atoms with E-state index in [9.17, 15) is 8.42 Å². The lowest BCUT2D eigenvalue weighted by molar-refractivity contribution is 0.179. The van der Waals surface area contributed by atoms with Crippen molar-refractivity contribution in [3.05, 3.63) is 40.7 Å². The van der Waals surface area contributed by atoms with Gasteiger partial charge < -0.3 is 4.74 Å². The molecule has 110 valence electrons.